The van der Waals surface area contributed by atoms with E-state index in [0.717, 1.165) is 4.90 Å². The summed E-state index contributed by atoms with van der Waals surface area (Å²) >= 11 is 0. The molecule has 4 nitrogen and oxygen atoms in total. The first-order valence-corrected chi connectivity index (χ1v) is 7.22. The van der Waals surface area contributed by atoms with E-state index in [1.165, 1.54) is 24.3 Å². The minimum Gasteiger partial charge on any atom is -0.480 e. The third-order valence-electron chi connectivity index (χ3n) is 3.24. The van der Waals surface area contributed by atoms with Crippen LogP contribution in [-0.2, 0) is 9.59 Å². The Hall–Kier alpha value is -2.05. The first-order chi connectivity index (χ1) is 10.6. The number of rotatable bonds is 7. The van der Waals surface area contributed by atoms with Gasteiger partial charge >= 0.3 is 12.1 Å². The Bertz CT molecular complexity index is 529. The standard InChI is InChI=1S/C16H20F3NO3/c1-11(2)9-20(10-15(22)23)14(21)8-13(16(17,18)19)12-6-4-3-5-7-12/h3-7,11,13H,8-10H2,1-2H3,(H,22,23). The molecule has 0 saturated carbocycles. The Kier molecular flexibility index (Phi) is 6.60. The van der Waals surface area contributed by atoms with E-state index >= 15 is 0 Å². The normalized spacial score (nSPS) is 13.0. The van der Waals surface area contributed by atoms with Crippen LogP contribution in [0.5, 0.6) is 0 Å². The van der Waals surface area contributed by atoms with Crippen molar-refractivity contribution in [3.05, 3.63) is 35.9 Å². The molecule has 1 aromatic carbocycles. The van der Waals surface area contributed by atoms with E-state index in [-0.39, 0.29) is 18.0 Å². The average molecular weight is 331 g/mol. The molecule has 23 heavy (non-hydrogen) atoms. The smallest absolute Gasteiger partial charge is 0.396 e. The fourth-order valence-corrected chi connectivity index (χ4v) is 2.27. The van der Waals surface area contributed by atoms with Gasteiger partial charge in [0.05, 0.1) is 5.92 Å². The molecule has 0 aliphatic heterocycles. The SMILES string of the molecule is CC(C)CN(CC(=O)O)C(=O)CC(c1ccccc1)C(F)(F)F. The Morgan fingerprint density at radius 3 is 2.17 bits per heavy atom. The molecule has 0 fully saturated rings. The maximum Gasteiger partial charge on any atom is 0.396 e. The molecule has 1 rings (SSSR count). The monoisotopic (exact) mass is 331 g/mol. The predicted molar refractivity (Wildman–Crippen MR) is 78.9 cm³/mol. The summed E-state index contributed by atoms with van der Waals surface area (Å²) in [6.07, 6.45) is -5.38. The van der Waals surface area contributed by atoms with Crippen LogP contribution in [0.25, 0.3) is 0 Å². The Morgan fingerprint density at radius 1 is 1.17 bits per heavy atom. The molecule has 0 aromatic heterocycles. The molecule has 0 saturated heterocycles. The van der Waals surface area contributed by atoms with Gasteiger partial charge in [-0.15, -0.1) is 0 Å². The molecule has 128 valence electrons. The lowest BCUT2D eigenvalue weighted by molar-refractivity contribution is -0.161. The highest BCUT2D eigenvalue weighted by molar-refractivity contribution is 5.82. The summed E-state index contributed by atoms with van der Waals surface area (Å²) in [7, 11) is 0. The van der Waals surface area contributed by atoms with Crippen LogP contribution in [0.3, 0.4) is 0 Å². The summed E-state index contributed by atoms with van der Waals surface area (Å²) in [5, 5.41) is 8.84. The van der Waals surface area contributed by atoms with Gasteiger partial charge in [0.15, 0.2) is 0 Å². The molecule has 0 bridgehead atoms. The number of carbonyl (C=O) groups excluding carboxylic acids is 1. The molecule has 1 aromatic rings. The number of benzene rings is 1. The number of hydrogen-bond acceptors (Lipinski definition) is 2. The minimum atomic E-state index is -4.58. The van der Waals surface area contributed by atoms with E-state index in [1.807, 2.05) is 0 Å². The Balaban J connectivity index is 2.97. The van der Waals surface area contributed by atoms with E-state index < -0.39 is 36.9 Å². The first kappa shape index (κ1) is 19.0. The van der Waals surface area contributed by atoms with Crippen LogP contribution in [0.2, 0.25) is 0 Å². The highest BCUT2D eigenvalue weighted by atomic mass is 19.4. The zero-order valence-electron chi connectivity index (χ0n) is 13.0. The summed E-state index contributed by atoms with van der Waals surface area (Å²) in [6, 6.07) is 7.17. The molecule has 0 aliphatic carbocycles. The van der Waals surface area contributed by atoms with Crippen molar-refractivity contribution in [2.75, 3.05) is 13.1 Å². The fraction of sp³-hybridized carbons (Fsp3) is 0.500. The lowest BCUT2D eigenvalue weighted by Crippen LogP contribution is -2.40. The maximum atomic E-state index is 13.3. The van der Waals surface area contributed by atoms with Crippen molar-refractivity contribution in [1.82, 2.24) is 4.90 Å². The summed E-state index contributed by atoms with van der Waals surface area (Å²) in [6.45, 7) is 3.03. The van der Waals surface area contributed by atoms with Crippen LogP contribution in [0, 0.1) is 5.92 Å². The first-order valence-electron chi connectivity index (χ1n) is 7.22. The summed E-state index contributed by atoms with van der Waals surface area (Å²) in [4.78, 5) is 24.0. The summed E-state index contributed by atoms with van der Waals surface area (Å²) in [5.41, 5.74) is -0.00632. The van der Waals surface area contributed by atoms with Crippen molar-refractivity contribution in [2.24, 2.45) is 5.92 Å². The molecule has 0 radical (unpaired) electrons. The van der Waals surface area contributed by atoms with Crippen molar-refractivity contribution in [3.63, 3.8) is 0 Å². The van der Waals surface area contributed by atoms with Crippen molar-refractivity contribution in [1.29, 1.82) is 0 Å². The number of hydrogen-bond donors (Lipinski definition) is 1. The second-order valence-electron chi connectivity index (χ2n) is 5.77. The van der Waals surface area contributed by atoms with Crippen LogP contribution in [-0.4, -0.2) is 41.1 Å². The Morgan fingerprint density at radius 2 is 1.74 bits per heavy atom. The molecule has 0 heterocycles. The number of alkyl halides is 3. The topological polar surface area (TPSA) is 57.6 Å². The molecule has 1 unspecified atom stereocenters. The van der Waals surface area contributed by atoms with E-state index in [4.69, 9.17) is 5.11 Å². The van der Waals surface area contributed by atoms with Crippen molar-refractivity contribution in [2.45, 2.75) is 32.4 Å². The van der Waals surface area contributed by atoms with Crippen LogP contribution >= 0.6 is 0 Å². The zero-order chi connectivity index (χ0) is 17.6. The highest BCUT2D eigenvalue weighted by Crippen LogP contribution is 2.37. The van der Waals surface area contributed by atoms with Gasteiger partial charge in [0.25, 0.3) is 0 Å². The van der Waals surface area contributed by atoms with Gasteiger partial charge in [-0.1, -0.05) is 44.2 Å². The largest absolute Gasteiger partial charge is 0.480 e. The van der Waals surface area contributed by atoms with E-state index in [0.29, 0.717) is 0 Å². The molecular weight excluding hydrogens is 311 g/mol. The number of carboxylic acids is 1. The van der Waals surface area contributed by atoms with Gasteiger partial charge in [0.1, 0.15) is 6.54 Å². The minimum absolute atomic E-state index is 0.00632. The Labute approximate surface area is 132 Å². The van der Waals surface area contributed by atoms with Crippen molar-refractivity contribution >= 4 is 11.9 Å². The second-order valence-corrected chi connectivity index (χ2v) is 5.77. The number of amides is 1. The van der Waals surface area contributed by atoms with Gasteiger partial charge in [-0.3, -0.25) is 9.59 Å². The summed E-state index contributed by atoms with van der Waals surface area (Å²) in [5.74, 6) is -4.05. The van der Waals surface area contributed by atoms with Crippen LogP contribution in [0.1, 0.15) is 31.7 Å². The molecular formula is C16H20F3NO3. The molecule has 1 amide bonds. The number of aliphatic carboxylic acids is 1. The van der Waals surface area contributed by atoms with Gasteiger partial charge < -0.3 is 10.0 Å². The van der Waals surface area contributed by atoms with Gasteiger partial charge in [0, 0.05) is 13.0 Å². The molecule has 0 spiro atoms. The maximum absolute atomic E-state index is 13.3. The van der Waals surface area contributed by atoms with Crippen molar-refractivity contribution in [3.8, 4) is 0 Å². The van der Waals surface area contributed by atoms with Crippen LogP contribution in [0.15, 0.2) is 30.3 Å². The molecule has 7 heteroatoms. The molecule has 1 N–H and O–H groups in total. The second kappa shape index (κ2) is 7.99. The van der Waals surface area contributed by atoms with Gasteiger partial charge in [-0.2, -0.15) is 13.2 Å². The number of halogens is 3. The third-order valence-corrected chi connectivity index (χ3v) is 3.24. The molecule has 0 aliphatic rings. The van der Waals surface area contributed by atoms with Crippen LogP contribution in [0.4, 0.5) is 13.2 Å². The average Bonchev–Trinajstić information content (AvgIpc) is 2.42. The molecule has 1 atom stereocenters. The van der Waals surface area contributed by atoms with Crippen LogP contribution < -0.4 is 0 Å². The highest BCUT2D eigenvalue weighted by Gasteiger charge is 2.42. The number of nitrogens with zero attached hydrogens (tertiary/aromatic N) is 1. The van der Waals surface area contributed by atoms with Gasteiger partial charge in [-0.05, 0) is 11.5 Å². The summed E-state index contributed by atoms with van der Waals surface area (Å²) < 4.78 is 39.8. The predicted octanol–water partition coefficient (Wildman–Crippen LogP) is 3.29. The number of carbonyl (C=O) groups is 2. The zero-order valence-corrected chi connectivity index (χ0v) is 13.0. The number of carboxylic acid groups (broad SMARTS) is 1. The third kappa shape index (κ3) is 6.30. The van der Waals surface area contributed by atoms with E-state index in [2.05, 4.69) is 0 Å². The quantitative estimate of drug-likeness (QED) is 0.834. The van der Waals surface area contributed by atoms with Gasteiger partial charge in [-0.25, -0.2) is 0 Å². The van der Waals surface area contributed by atoms with E-state index in [9.17, 15) is 22.8 Å². The lowest BCUT2D eigenvalue weighted by atomic mass is 9.94. The van der Waals surface area contributed by atoms with Crippen molar-refractivity contribution < 1.29 is 27.9 Å². The van der Waals surface area contributed by atoms with Gasteiger partial charge in [0.2, 0.25) is 5.91 Å². The fourth-order valence-electron chi connectivity index (χ4n) is 2.27. The van der Waals surface area contributed by atoms with E-state index in [1.54, 1.807) is 19.9 Å². The lowest BCUT2D eigenvalue weighted by Gasteiger charge is -2.26.